The predicted octanol–water partition coefficient (Wildman–Crippen LogP) is 3.70. The highest BCUT2D eigenvalue weighted by Gasteiger charge is 2.74. The average Bonchev–Trinajstić information content (AvgIpc) is 3.44. The summed E-state index contributed by atoms with van der Waals surface area (Å²) < 4.78 is 0. The number of carbonyl (C=O) groups excluding carboxylic acids is 3. The summed E-state index contributed by atoms with van der Waals surface area (Å²) in [5.41, 5.74) is 3.66. The molecule has 0 radical (unpaired) electrons. The summed E-state index contributed by atoms with van der Waals surface area (Å²) in [7, 11) is 0. The van der Waals surface area contributed by atoms with E-state index in [0.717, 1.165) is 40.8 Å². The van der Waals surface area contributed by atoms with Gasteiger partial charge in [-0.25, -0.2) is 4.90 Å². The summed E-state index contributed by atoms with van der Waals surface area (Å²) >= 11 is 6.43. The molecule has 2 aromatic rings. The number of imide groups is 1. The first-order valence-electron chi connectivity index (χ1n) is 11.1. The summed E-state index contributed by atoms with van der Waals surface area (Å²) in [4.78, 5) is 45.1. The number of aryl methyl sites for hydroxylation is 2. The maximum Gasteiger partial charge on any atom is 0.250 e. The van der Waals surface area contributed by atoms with Crippen LogP contribution in [0.25, 0.3) is 0 Å². The van der Waals surface area contributed by atoms with Crippen LogP contribution in [0.15, 0.2) is 30.3 Å². The molecule has 0 saturated carbocycles. The molecule has 32 heavy (non-hydrogen) atoms. The second kappa shape index (κ2) is 6.42. The third-order valence-electron chi connectivity index (χ3n) is 8.08. The highest BCUT2D eigenvalue weighted by molar-refractivity contribution is 6.31. The molecule has 7 heteroatoms. The third-order valence-corrected chi connectivity index (χ3v) is 8.30. The SMILES string of the molecule is Cc1cccc(N2C(=O)[C@H]3[C@@H](C2=O)[C@]2(C(=O)Nc4c(C)cc(Cl)cc42)N2CCC[C@@H]32)c1C. The molecule has 3 fully saturated rings. The normalized spacial score (nSPS) is 30.8. The second-order valence-electron chi connectivity index (χ2n) is 9.50. The Labute approximate surface area is 191 Å². The van der Waals surface area contributed by atoms with Crippen molar-refractivity contribution in [2.75, 3.05) is 16.8 Å². The van der Waals surface area contributed by atoms with E-state index >= 15 is 0 Å². The fraction of sp³-hybridized carbons (Fsp3) is 0.400. The third kappa shape index (κ3) is 2.17. The molecular formula is C25H24ClN3O3. The van der Waals surface area contributed by atoms with Gasteiger partial charge in [-0.15, -0.1) is 0 Å². The first kappa shape index (κ1) is 19.9. The summed E-state index contributed by atoms with van der Waals surface area (Å²) in [6.07, 6.45) is 1.69. The van der Waals surface area contributed by atoms with Crippen molar-refractivity contribution in [2.24, 2.45) is 11.8 Å². The molecule has 0 bridgehead atoms. The number of halogens is 1. The quantitative estimate of drug-likeness (QED) is 0.674. The Morgan fingerprint density at radius 3 is 2.62 bits per heavy atom. The molecule has 6 nitrogen and oxygen atoms in total. The van der Waals surface area contributed by atoms with Gasteiger partial charge >= 0.3 is 0 Å². The smallest absolute Gasteiger partial charge is 0.250 e. The highest BCUT2D eigenvalue weighted by atomic mass is 35.5. The minimum absolute atomic E-state index is 0.137. The van der Waals surface area contributed by atoms with Crippen LogP contribution in [0.4, 0.5) is 11.4 Å². The monoisotopic (exact) mass is 449 g/mol. The van der Waals surface area contributed by atoms with Gasteiger partial charge in [0.2, 0.25) is 17.7 Å². The topological polar surface area (TPSA) is 69.7 Å². The lowest BCUT2D eigenvalue weighted by Gasteiger charge is -2.37. The summed E-state index contributed by atoms with van der Waals surface area (Å²) in [5, 5.41) is 3.57. The van der Waals surface area contributed by atoms with Gasteiger partial charge in [0, 0.05) is 22.3 Å². The Morgan fingerprint density at radius 2 is 1.84 bits per heavy atom. The Bertz CT molecular complexity index is 1240. The summed E-state index contributed by atoms with van der Waals surface area (Å²) in [5.74, 6) is -2.01. The first-order chi connectivity index (χ1) is 15.3. The van der Waals surface area contributed by atoms with Gasteiger partial charge in [-0.1, -0.05) is 23.7 Å². The average molecular weight is 450 g/mol. The van der Waals surface area contributed by atoms with E-state index in [-0.39, 0.29) is 23.8 Å². The van der Waals surface area contributed by atoms with E-state index in [2.05, 4.69) is 10.2 Å². The van der Waals surface area contributed by atoms with Crippen molar-refractivity contribution in [2.45, 2.75) is 45.2 Å². The van der Waals surface area contributed by atoms with E-state index < -0.39 is 17.4 Å². The number of hydrogen-bond acceptors (Lipinski definition) is 4. The minimum Gasteiger partial charge on any atom is -0.324 e. The molecule has 164 valence electrons. The van der Waals surface area contributed by atoms with Crippen molar-refractivity contribution in [1.82, 2.24) is 4.90 Å². The predicted molar refractivity (Wildman–Crippen MR) is 122 cm³/mol. The van der Waals surface area contributed by atoms with Crippen LogP contribution in [0.3, 0.4) is 0 Å². The van der Waals surface area contributed by atoms with Crippen molar-refractivity contribution in [3.8, 4) is 0 Å². The van der Waals surface area contributed by atoms with Crippen LogP contribution in [0, 0.1) is 32.6 Å². The lowest BCUT2D eigenvalue weighted by Crippen LogP contribution is -2.54. The van der Waals surface area contributed by atoms with E-state index in [9.17, 15) is 14.4 Å². The number of amides is 3. The number of fused-ring (bicyclic) bond motifs is 7. The zero-order valence-electron chi connectivity index (χ0n) is 18.2. The molecule has 0 unspecified atom stereocenters. The molecule has 2 aromatic carbocycles. The first-order valence-corrected chi connectivity index (χ1v) is 11.5. The molecule has 4 atom stereocenters. The number of nitrogens with one attached hydrogen (secondary N) is 1. The fourth-order valence-electron chi connectivity index (χ4n) is 6.65. The molecular weight excluding hydrogens is 426 g/mol. The van der Waals surface area contributed by atoms with E-state index in [1.165, 1.54) is 4.90 Å². The lowest BCUT2D eigenvalue weighted by atomic mass is 9.75. The van der Waals surface area contributed by atoms with Crippen LogP contribution in [0.2, 0.25) is 5.02 Å². The Kier molecular flexibility index (Phi) is 4.00. The van der Waals surface area contributed by atoms with Gasteiger partial charge in [0.15, 0.2) is 0 Å². The van der Waals surface area contributed by atoms with Crippen LogP contribution < -0.4 is 10.2 Å². The van der Waals surface area contributed by atoms with Crippen LogP contribution in [-0.2, 0) is 19.9 Å². The highest BCUT2D eigenvalue weighted by Crippen LogP contribution is 2.61. The summed E-state index contributed by atoms with van der Waals surface area (Å²) in [6, 6.07) is 9.14. The summed E-state index contributed by atoms with van der Waals surface area (Å²) in [6.45, 7) is 6.48. The van der Waals surface area contributed by atoms with Crippen LogP contribution >= 0.6 is 11.6 Å². The Balaban J connectivity index is 1.59. The van der Waals surface area contributed by atoms with Crippen molar-refractivity contribution in [1.29, 1.82) is 0 Å². The van der Waals surface area contributed by atoms with E-state index in [0.29, 0.717) is 17.3 Å². The molecule has 4 aliphatic rings. The zero-order valence-corrected chi connectivity index (χ0v) is 19.0. The van der Waals surface area contributed by atoms with Crippen LogP contribution in [0.1, 0.15) is 35.1 Å². The van der Waals surface area contributed by atoms with Crippen molar-refractivity contribution in [3.05, 3.63) is 57.6 Å². The molecule has 4 heterocycles. The van der Waals surface area contributed by atoms with E-state index in [1.54, 1.807) is 6.07 Å². The molecule has 4 aliphatic heterocycles. The van der Waals surface area contributed by atoms with E-state index in [4.69, 9.17) is 11.6 Å². The molecule has 1 spiro atoms. The molecule has 3 saturated heterocycles. The molecule has 1 N–H and O–H groups in total. The molecule has 3 amide bonds. The fourth-order valence-corrected chi connectivity index (χ4v) is 6.92. The van der Waals surface area contributed by atoms with Gasteiger partial charge in [0.25, 0.3) is 0 Å². The van der Waals surface area contributed by atoms with Crippen LogP contribution in [0.5, 0.6) is 0 Å². The number of rotatable bonds is 1. The van der Waals surface area contributed by atoms with Gasteiger partial charge in [0.05, 0.1) is 17.5 Å². The Hall–Kier alpha value is -2.70. The van der Waals surface area contributed by atoms with Crippen LogP contribution in [-0.4, -0.2) is 35.2 Å². The molecule has 0 aliphatic carbocycles. The number of hydrogen-bond donors (Lipinski definition) is 1. The van der Waals surface area contributed by atoms with Gasteiger partial charge in [-0.3, -0.25) is 19.3 Å². The maximum atomic E-state index is 14.0. The van der Waals surface area contributed by atoms with Gasteiger partial charge in [-0.2, -0.15) is 0 Å². The lowest BCUT2D eigenvalue weighted by molar-refractivity contribution is -0.135. The van der Waals surface area contributed by atoms with Crippen molar-refractivity contribution < 1.29 is 14.4 Å². The molecule has 0 aromatic heterocycles. The standard InChI is InChI=1S/C25H24ClN3O3/c1-12-6-4-7-17(14(12)3)29-22(30)19-18-8-5-9-28(18)25(20(19)23(29)31)16-11-15(26)10-13(2)21(16)27-24(25)32/h4,6-7,10-11,18-20H,5,8-9H2,1-3H3,(H,27,32)/t18-,19+,20-,25+/m0/s1. The maximum absolute atomic E-state index is 14.0. The largest absolute Gasteiger partial charge is 0.324 e. The van der Waals surface area contributed by atoms with Gasteiger partial charge in [0.1, 0.15) is 5.54 Å². The minimum atomic E-state index is -1.20. The number of nitrogens with zero attached hydrogens (tertiary/aromatic N) is 2. The second-order valence-corrected chi connectivity index (χ2v) is 9.94. The molecule has 6 rings (SSSR count). The number of carbonyl (C=O) groups is 3. The van der Waals surface area contributed by atoms with Gasteiger partial charge < -0.3 is 5.32 Å². The van der Waals surface area contributed by atoms with Gasteiger partial charge in [-0.05, 0) is 75.0 Å². The van der Waals surface area contributed by atoms with Crippen molar-refractivity contribution in [3.63, 3.8) is 0 Å². The number of anilines is 2. The zero-order chi connectivity index (χ0) is 22.5. The Morgan fingerprint density at radius 1 is 1.06 bits per heavy atom. The number of benzene rings is 2. The van der Waals surface area contributed by atoms with E-state index in [1.807, 2.05) is 45.0 Å². The van der Waals surface area contributed by atoms with Crippen molar-refractivity contribution >= 4 is 40.7 Å².